The van der Waals surface area contributed by atoms with Gasteiger partial charge in [-0.15, -0.1) is 18.2 Å². The Kier molecular flexibility index (Phi) is 9.60. The van der Waals surface area contributed by atoms with E-state index in [0.717, 1.165) is 56.8 Å². The van der Waals surface area contributed by atoms with Gasteiger partial charge >= 0.3 is 120 Å². The van der Waals surface area contributed by atoms with Gasteiger partial charge in [-0.25, -0.2) is 0 Å². The van der Waals surface area contributed by atoms with Gasteiger partial charge < -0.3 is 9.40 Å². The van der Waals surface area contributed by atoms with Gasteiger partial charge in [0.2, 0.25) is 0 Å². The van der Waals surface area contributed by atoms with Gasteiger partial charge in [-0.1, -0.05) is 55.1 Å². The number of rotatable bonds is 7. The first-order valence-corrected chi connectivity index (χ1v) is 24.1. The minimum Gasteiger partial charge on any atom is -0.501 e. The normalized spacial score (nSPS) is 13.6. The van der Waals surface area contributed by atoms with E-state index in [-0.39, 0.29) is 37.8 Å². The average Bonchev–Trinajstić information content (AvgIpc) is 3.47. The molecule has 49 heavy (non-hydrogen) atoms. The molecule has 7 rings (SSSR count). The number of benzene rings is 4. The first-order valence-electron chi connectivity index (χ1n) is 19.3. The molecule has 0 unspecified atom stereocenters. The van der Waals surface area contributed by atoms with Crippen molar-refractivity contribution in [1.82, 2.24) is 9.97 Å². The summed E-state index contributed by atoms with van der Waals surface area (Å²) >= 11 is -2.03. The van der Waals surface area contributed by atoms with Gasteiger partial charge in [0.1, 0.15) is 5.58 Å². The fourth-order valence-electron chi connectivity index (χ4n) is 6.39. The zero-order valence-electron chi connectivity index (χ0n) is 34.3. The Morgan fingerprint density at radius 3 is 2.20 bits per heavy atom. The minimum absolute atomic E-state index is 0. The van der Waals surface area contributed by atoms with E-state index in [1.165, 1.54) is 4.40 Å². The van der Waals surface area contributed by atoms with Crippen molar-refractivity contribution in [3.63, 3.8) is 0 Å². The Morgan fingerprint density at radius 2 is 1.55 bits per heavy atom. The largest absolute Gasteiger partial charge is 0.501 e. The maximum Gasteiger partial charge on any atom is 0.121 e. The summed E-state index contributed by atoms with van der Waals surface area (Å²) in [6.45, 7) is 5.60. The van der Waals surface area contributed by atoms with Crippen LogP contribution in [0.15, 0.2) is 102 Å². The SMILES string of the molecule is [2H]C(C)(C)c1cc(-c2[c-]cccc2)nc[c]1[Ge]([CH3])([CH3])[CH3].[2H]c1nc(-c2[c-]ccc3c2oc2cc4ccccc4cc23)cc(C(CC)CC)c1C([2H])([2H])[2H].[Ir]. The molecule has 3 heterocycles. The molecule has 7 aromatic rings. The molecule has 0 aliphatic heterocycles. The summed E-state index contributed by atoms with van der Waals surface area (Å²) in [5.41, 5.74) is 6.32. The molecule has 0 atom stereocenters. The number of hydrogen-bond donors (Lipinski definition) is 0. The van der Waals surface area contributed by atoms with E-state index >= 15 is 0 Å². The standard InChI is InChI=1S/C27H24NO.C17H22GeN.Ir/c1-4-18(5-2)23-15-25(28-16-17(23)3)22-12-8-11-21-24-13-19-9-6-7-10-20(19)14-26(24)29-27(21)22;1-13(2)15-11-17(14-9-7-6-8-10-14)19-12-16(15)18(3,4)5;/h6-11,13-16,18H,4-5H2,1-3H3;6-9,11-13H,1-5H3;/q2*-1;/i3D3,16D;13D;. The van der Waals surface area contributed by atoms with Crippen LogP contribution in [0, 0.1) is 19.0 Å². The molecule has 0 saturated carbocycles. The van der Waals surface area contributed by atoms with Crippen LogP contribution < -0.4 is 4.40 Å². The van der Waals surface area contributed by atoms with Crippen LogP contribution >= 0.6 is 0 Å². The van der Waals surface area contributed by atoms with E-state index in [0.29, 0.717) is 22.4 Å². The van der Waals surface area contributed by atoms with E-state index in [2.05, 4.69) is 63.6 Å². The molecule has 0 bridgehead atoms. The van der Waals surface area contributed by atoms with Crippen LogP contribution in [-0.4, -0.2) is 23.2 Å². The van der Waals surface area contributed by atoms with Crippen LogP contribution in [0.2, 0.25) is 17.3 Å². The molecule has 0 fully saturated rings. The Balaban J connectivity index is 0.000000230. The van der Waals surface area contributed by atoms with Gasteiger partial charge in [-0.2, -0.15) is 0 Å². The van der Waals surface area contributed by atoms with Gasteiger partial charge in [-0.3, -0.25) is 0 Å². The first kappa shape index (κ1) is 30.3. The van der Waals surface area contributed by atoms with Crippen LogP contribution in [0.1, 0.15) is 75.9 Å². The summed E-state index contributed by atoms with van der Waals surface area (Å²) in [6, 6.07) is 34.3. The molecule has 4 aromatic carbocycles. The molecule has 253 valence electrons. The number of fused-ring (bicyclic) bond motifs is 4. The molecule has 0 amide bonds. The van der Waals surface area contributed by atoms with Crippen LogP contribution in [0.5, 0.6) is 0 Å². The molecule has 1 radical (unpaired) electrons. The number of aromatic nitrogens is 2. The number of nitrogens with zero attached hydrogens (tertiary/aromatic N) is 2. The maximum absolute atomic E-state index is 8.50. The van der Waals surface area contributed by atoms with Gasteiger partial charge in [0.15, 0.2) is 0 Å². The summed E-state index contributed by atoms with van der Waals surface area (Å²) in [7, 11) is 0. The van der Waals surface area contributed by atoms with Crippen LogP contribution in [0.25, 0.3) is 55.2 Å². The molecular weight excluding hydrogens is 837 g/mol. The average molecular weight is 889 g/mol. The Labute approximate surface area is 315 Å². The van der Waals surface area contributed by atoms with Crippen LogP contribution in [0.4, 0.5) is 0 Å². The Morgan fingerprint density at radius 1 is 0.837 bits per heavy atom. The molecule has 0 aliphatic rings. The van der Waals surface area contributed by atoms with Crippen LogP contribution in [-0.2, 0) is 20.1 Å². The van der Waals surface area contributed by atoms with Crippen molar-refractivity contribution in [3.05, 3.63) is 126 Å². The minimum atomic E-state index is -2.39. The Bertz CT molecular complexity index is 2410. The molecule has 0 N–H and O–H groups in total. The van der Waals surface area contributed by atoms with Gasteiger partial charge in [0.25, 0.3) is 0 Å². The molecule has 3 aromatic heterocycles. The first-order chi connectivity index (χ1) is 25.0. The van der Waals surface area contributed by atoms with Gasteiger partial charge in [-0.05, 0) is 65.3 Å². The second-order valence-corrected chi connectivity index (χ2v) is 24.2. The summed E-state index contributed by atoms with van der Waals surface area (Å²) in [5, 5.41) is 4.18. The van der Waals surface area contributed by atoms with Gasteiger partial charge in [0, 0.05) is 35.8 Å². The third-order valence-electron chi connectivity index (χ3n) is 9.09. The van der Waals surface area contributed by atoms with Crippen molar-refractivity contribution >= 4 is 50.4 Å². The van der Waals surface area contributed by atoms with Crippen molar-refractivity contribution in [1.29, 1.82) is 0 Å². The van der Waals surface area contributed by atoms with E-state index in [4.69, 9.17) is 11.3 Å². The predicted octanol–water partition coefficient (Wildman–Crippen LogP) is 12.0. The summed E-state index contributed by atoms with van der Waals surface area (Å²) in [5.74, 6) is 6.48. The second kappa shape index (κ2) is 15.5. The molecule has 0 spiro atoms. The molecule has 0 aliphatic carbocycles. The van der Waals surface area contributed by atoms with Gasteiger partial charge in [0.05, 0.1) is 6.95 Å². The molecule has 5 heteroatoms. The summed E-state index contributed by atoms with van der Waals surface area (Å²) < 4.78 is 48.5. The van der Waals surface area contributed by atoms with Crippen LogP contribution in [0.3, 0.4) is 0 Å². The maximum atomic E-state index is 8.50. The summed E-state index contributed by atoms with van der Waals surface area (Å²) in [4.78, 5) is 9.03. The van der Waals surface area contributed by atoms with Crippen molar-refractivity contribution < 1.29 is 31.4 Å². The molecule has 3 nitrogen and oxygen atoms in total. The van der Waals surface area contributed by atoms with E-state index in [9.17, 15) is 0 Å². The third-order valence-corrected chi connectivity index (χ3v) is 13.3. The zero-order chi connectivity index (χ0) is 38.3. The second-order valence-electron chi connectivity index (χ2n) is 13.6. The van der Waals surface area contributed by atoms with Crippen molar-refractivity contribution in [2.75, 3.05) is 0 Å². The fourth-order valence-corrected chi connectivity index (χ4v) is 9.71. The van der Waals surface area contributed by atoms with Crippen molar-refractivity contribution in [2.45, 2.75) is 76.5 Å². The third kappa shape index (κ3) is 7.78. The number of furan rings is 1. The fraction of sp³-hybridized carbons (Fsp3) is 0.273. The summed E-state index contributed by atoms with van der Waals surface area (Å²) in [6.07, 6.45) is 3.37. The van der Waals surface area contributed by atoms with E-state index in [1.807, 2.05) is 94.6 Å². The smallest absolute Gasteiger partial charge is 0.121 e. The topological polar surface area (TPSA) is 38.9 Å². The Hall–Kier alpha value is -3.57. The van der Waals surface area contributed by atoms with Crippen molar-refractivity contribution in [3.8, 4) is 22.5 Å². The van der Waals surface area contributed by atoms with E-state index < -0.39 is 26.0 Å². The molecule has 0 saturated heterocycles. The number of pyridine rings is 2. The number of hydrogen-bond acceptors (Lipinski definition) is 3. The van der Waals surface area contributed by atoms with Crippen molar-refractivity contribution in [2.24, 2.45) is 0 Å². The van der Waals surface area contributed by atoms with E-state index in [1.54, 1.807) is 0 Å². The quantitative estimate of drug-likeness (QED) is 0.118. The molecular formula is C44H46GeIrN2O-2. The predicted molar refractivity (Wildman–Crippen MR) is 207 cm³/mol. The zero-order valence-corrected chi connectivity index (χ0v) is 33.8. The monoisotopic (exact) mass is 890 g/mol.